The Labute approximate surface area is 156 Å². The first kappa shape index (κ1) is 18.6. The number of nitrogens with one attached hydrogen (secondary N) is 1. The zero-order valence-corrected chi connectivity index (χ0v) is 15.4. The Kier molecular flexibility index (Phi) is 6.03. The van der Waals surface area contributed by atoms with Gasteiger partial charge in [-0.25, -0.2) is 4.79 Å². The first-order chi connectivity index (χ1) is 12.5. The molecule has 2 N–H and O–H groups in total. The number of thiophene rings is 1. The van der Waals surface area contributed by atoms with Crippen molar-refractivity contribution in [3.63, 3.8) is 0 Å². The van der Waals surface area contributed by atoms with E-state index in [0.29, 0.717) is 25.3 Å². The van der Waals surface area contributed by atoms with E-state index in [1.165, 1.54) is 34.0 Å². The molecule has 3 rings (SSSR count). The lowest BCUT2D eigenvalue weighted by atomic mass is 10.1. The van der Waals surface area contributed by atoms with Crippen molar-refractivity contribution in [3.8, 4) is 0 Å². The molecule has 26 heavy (non-hydrogen) atoms. The molecule has 0 spiro atoms. The summed E-state index contributed by atoms with van der Waals surface area (Å²) in [5.74, 6) is -1.20. The number of carboxylic acid groups (broad SMARTS) is 1. The third-order valence-corrected chi connectivity index (χ3v) is 5.53. The molecule has 7 heteroatoms. The number of aryl methyl sites for hydroxylation is 1. The summed E-state index contributed by atoms with van der Waals surface area (Å²) in [6.07, 6.45) is 0. The molecule has 1 aliphatic rings. The van der Waals surface area contributed by atoms with Gasteiger partial charge in [-0.3, -0.25) is 9.69 Å². The van der Waals surface area contributed by atoms with Gasteiger partial charge in [0.15, 0.2) is 0 Å². The molecule has 1 aliphatic heterocycles. The van der Waals surface area contributed by atoms with Crippen molar-refractivity contribution >= 4 is 23.2 Å². The number of aromatic carboxylic acids is 1. The molecule has 0 saturated carbocycles. The monoisotopic (exact) mass is 374 g/mol. The number of hydrogen-bond donors (Lipinski definition) is 2. The predicted octanol–water partition coefficient (Wildman–Crippen LogP) is 2.56. The average molecular weight is 374 g/mol. The number of ether oxygens (including phenoxy) is 1. The van der Waals surface area contributed by atoms with Gasteiger partial charge in [-0.05, 0) is 43.3 Å². The maximum absolute atomic E-state index is 12.5. The third kappa shape index (κ3) is 4.49. The molecule has 2 aromatic rings. The molecule has 1 unspecified atom stereocenters. The van der Waals surface area contributed by atoms with Crippen molar-refractivity contribution in [1.29, 1.82) is 0 Å². The van der Waals surface area contributed by atoms with Crippen molar-refractivity contribution in [3.05, 3.63) is 57.3 Å². The Morgan fingerprint density at radius 3 is 2.38 bits per heavy atom. The highest BCUT2D eigenvalue weighted by atomic mass is 32.1. The van der Waals surface area contributed by atoms with Crippen LogP contribution < -0.4 is 5.32 Å². The number of carbonyl (C=O) groups excluding carboxylic acids is 1. The van der Waals surface area contributed by atoms with Crippen LogP contribution in [0.15, 0.2) is 36.4 Å². The molecular formula is C19H22N2O4S. The van der Waals surface area contributed by atoms with Crippen LogP contribution in [0.3, 0.4) is 0 Å². The predicted molar refractivity (Wildman–Crippen MR) is 99.9 cm³/mol. The van der Waals surface area contributed by atoms with Crippen molar-refractivity contribution in [1.82, 2.24) is 10.2 Å². The fourth-order valence-corrected chi connectivity index (χ4v) is 4.00. The van der Waals surface area contributed by atoms with Crippen molar-refractivity contribution < 1.29 is 19.4 Å². The quantitative estimate of drug-likeness (QED) is 0.812. The molecule has 0 radical (unpaired) electrons. The van der Waals surface area contributed by atoms with Crippen molar-refractivity contribution in [2.24, 2.45) is 0 Å². The van der Waals surface area contributed by atoms with Gasteiger partial charge in [0.2, 0.25) is 0 Å². The van der Waals surface area contributed by atoms with E-state index in [9.17, 15) is 9.59 Å². The van der Waals surface area contributed by atoms with E-state index < -0.39 is 5.97 Å². The third-order valence-electron chi connectivity index (χ3n) is 4.43. The molecular weight excluding hydrogens is 352 g/mol. The van der Waals surface area contributed by atoms with Gasteiger partial charge in [0, 0.05) is 35.0 Å². The number of rotatable bonds is 6. The number of amides is 1. The topological polar surface area (TPSA) is 78.9 Å². The fourth-order valence-electron chi connectivity index (χ4n) is 2.99. The van der Waals surface area contributed by atoms with Gasteiger partial charge in [0.1, 0.15) is 0 Å². The van der Waals surface area contributed by atoms with Crippen LogP contribution >= 0.6 is 11.3 Å². The molecule has 1 aromatic heterocycles. The molecule has 1 atom stereocenters. The van der Waals surface area contributed by atoms with Crippen molar-refractivity contribution in [2.45, 2.75) is 13.0 Å². The standard InChI is InChI=1S/C19H22N2O4S/c1-13-2-7-17(26-13)16(21-8-10-25-11-9-21)12-20-18(22)14-3-5-15(6-4-14)19(23)24/h2-7,16H,8-12H2,1H3,(H,20,22)(H,23,24). The number of nitrogens with zero attached hydrogens (tertiary/aromatic N) is 1. The highest BCUT2D eigenvalue weighted by Gasteiger charge is 2.24. The number of benzene rings is 1. The van der Waals surface area contributed by atoms with Crippen LogP contribution in [-0.4, -0.2) is 54.7 Å². The van der Waals surface area contributed by atoms with Gasteiger partial charge in [-0.2, -0.15) is 0 Å². The van der Waals surface area contributed by atoms with Crippen LogP contribution in [0, 0.1) is 6.92 Å². The Morgan fingerprint density at radius 1 is 1.15 bits per heavy atom. The summed E-state index contributed by atoms with van der Waals surface area (Å²) in [5.41, 5.74) is 0.625. The Hall–Kier alpha value is -2.22. The summed E-state index contributed by atoms with van der Waals surface area (Å²) < 4.78 is 5.44. The minimum Gasteiger partial charge on any atom is -0.478 e. The minimum atomic E-state index is -1.00. The first-order valence-electron chi connectivity index (χ1n) is 8.54. The SMILES string of the molecule is Cc1ccc(C(CNC(=O)c2ccc(C(=O)O)cc2)N2CCOCC2)s1. The molecule has 1 fully saturated rings. The van der Waals surface area contributed by atoms with Crippen LogP contribution in [0.5, 0.6) is 0 Å². The van der Waals surface area contributed by atoms with Gasteiger partial charge in [-0.1, -0.05) is 0 Å². The van der Waals surface area contributed by atoms with Crippen LogP contribution in [0.1, 0.15) is 36.5 Å². The van der Waals surface area contributed by atoms with Crippen LogP contribution in [-0.2, 0) is 4.74 Å². The summed E-state index contributed by atoms with van der Waals surface area (Å²) in [4.78, 5) is 28.2. The molecule has 1 aromatic carbocycles. The normalized spacial score (nSPS) is 16.2. The summed E-state index contributed by atoms with van der Waals surface area (Å²) in [6.45, 7) is 5.65. The highest BCUT2D eigenvalue weighted by Crippen LogP contribution is 2.28. The highest BCUT2D eigenvalue weighted by molar-refractivity contribution is 7.12. The van der Waals surface area contributed by atoms with E-state index in [1.807, 2.05) is 0 Å². The minimum absolute atomic E-state index is 0.111. The number of carboxylic acids is 1. The molecule has 1 amide bonds. The smallest absolute Gasteiger partial charge is 0.335 e. The summed E-state index contributed by atoms with van der Waals surface area (Å²) in [6, 6.07) is 10.3. The Morgan fingerprint density at radius 2 is 1.81 bits per heavy atom. The molecule has 1 saturated heterocycles. The number of morpholine rings is 1. The summed E-state index contributed by atoms with van der Waals surface area (Å²) in [7, 11) is 0. The van der Waals surface area contributed by atoms with E-state index >= 15 is 0 Å². The Balaban J connectivity index is 1.68. The van der Waals surface area contributed by atoms with Gasteiger partial charge in [-0.15, -0.1) is 11.3 Å². The number of carbonyl (C=O) groups is 2. The van der Waals surface area contributed by atoms with E-state index in [-0.39, 0.29) is 17.5 Å². The van der Waals surface area contributed by atoms with Gasteiger partial charge < -0.3 is 15.2 Å². The summed E-state index contributed by atoms with van der Waals surface area (Å²) in [5, 5.41) is 11.9. The lowest BCUT2D eigenvalue weighted by Gasteiger charge is -2.34. The van der Waals surface area contributed by atoms with E-state index in [2.05, 4.69) is 29.3 Å². The van der Waals surface area contributed by atoms with Gasteiger partial charge in [0.05, 0.1) is 24.8 Å². The van der Waals surface area contributed by atoms with E-state index in [1.54, 1.807) is 11.3 Å². The van der Waals surface area contributed by atoms with Crippen LogP contribution in [0.2, 0.25) is 0 Å². The maximum atomic E-state index is 12.5. The summed E-state index contributed by atoms with van der Waals surface area (Å²) >= 11 is 1.74. The average Bonchev–Trinajstić information content (AvgIpc) is 3.09. The van der Waals surface area contributed by atoms with Crippen LogP contribution in [0.4, 0.5) is 0 Å². The zero-order chi connectivity index (χ0) is 18.5. The molecule has 6 nitrogen and oxygen atoms in total. The molecule has 2 heterocycles. The van der Waals surface area contributed by atoms with Crippen LogP contribution in [0.25, 0.3) is 0 Å². The second-order valence-electron chi connectivity index (χ2n) is 6.21. The van der Waals surface area contributed by atoms with E-state index in [4.69, 9.17) is 9.84 Å². The molecule has 0 aliphatic carbocycles. The second kappa shape index (κ2) is 8.44. The van der Waals surface area contributed by atoms with E-state index in [0.717, 1.165) is 13.1 Å². The second-order valence-corrected chi connectivity index (χ2v) is 7.52. The first-order valence-corrected chi connectivity index (χ1v) is 9.36. The van der Waals surface area contributed by atoms with Gasteiger partial charge >= 0.3 is 5.97 Å². The fraction of sp³-hybridized carbons (Fsp3) is 0.368. The lowest BCUT2D eigenvalue weighted by molar-refractivity contribution is 0.0169. The molecule has 0 bridgehead atoms. The van der Waals surface area contributed by atoms with Crippen molar-refractivity contribution in [2.75, 3.05) is 32.8 Å². The molecule has 138 valence electrons. The van der Waals surface area contributed by atoms with Gasteiger partial charge in [0.25, 0.3) is 5.91 Å². The Bertz CT molecular complexity index is 766. The maximum Gasteiger partial charge on any atom is 0.335 e. The largest absolute Gasteiger partial charge is 0.478 e. The zero-order valence-electron chi connectivity index (χ0n) is 14.6. The lowest BCUT2D eigenvalue weighted by Crippen LogP contribution is -2.43. The number of hydrogen-bond acceptors (Lipinski definition) is 5.